The number of aliphatic hydroxyl groups excluding tert-OH is 1. The van der Waals surface area contributed by atoms with Gasteiger partial charge in [-0.15, -0.1) is 12.4 Å². The third kappa shape index (κ3) is 4.56. The summed E-state index contributed by atoms with van der Waals surface area (Å²) in [4.78, 5) is 3.93. The lowest BCUT2D eigenvalue weighted by atomic mass is 10.1. The zero-order valence-corrected chi connectivity index (χ0v) is 9.34. The van der Waals surface area contributed by atoms with Crippen LogP contribution in [0.2, 0.25) is 0 Å². The quantitative estimate of drug-likeness (QED) is 0.799. The molecular formula is C10H17ClN2O. The SMILES string of the molecule is CC(C)(CO)NCc1ccncc1.Cl. The van der Waals surface area contributed by atoms with Crippen LogP contribution in [0.5, 0.6) is 0 Å². The van der Waals surface area contributed by atoms with Gasteiger partial charge in [-0.05, 0) is 31.5 Å². The Morgan fingerprint density at radius 2 is 1.93 bits per heavy atom. The number of aromatic nitrogens is 1. The van der Waals surface area contributed by atoms with E-state index >= 15 is 0 Å². The molecule has 1 rings (SSSR count). The monoisotopic (exact) mass is 216 g/mol. The summed E-state index contributed by atoms with van der Waals surface area (Å²) < 4.78 is 0. The van der Waals surface area contributed by atoms with E-state index in [4.69, 9.17) is 5.11 Å². The number of halogens is 1. The molecule has 0 aliphatic rings. The highest BCUT2D eigenvalue weighted by molar-refractivity contribution is 5.85. The number of nitrogens with one attached hydrogen (secondary N) is 1. The fourth-order valence-electron chi connectivity index (χ4n) is 0.898. The molecule has 0 aliphatic carbocycles. The summed E-state index contributed by atoms with van der Waals surface area (Å²) in [6, 6.07) is 3.92. The number of hydrogen-bond donors (Lipinski definition) is 2. The summed E-state index contributed by atoms with van der Waals surface area (Å²) in [6.45, 7) is 4.83. The molecule has 0 saturated heterocycles. The smallest absolute Gasteiger partial charge is 0.0607 e. The second kappa shape index (κ2) is 5.96. The largest absolute Gasteiger partial charge is 0.394 e. The average Bonchev–Trinajstić information content (AvgIpc) is 2.17. The van der Waals surface area contributed by atoms with Crippen molar-refractivity contribution < 1.29 is 5.11 Å². The molecule has 0 amide bonds. The Hall–Kier alpha value is -0.640. The average molecular weight is 217 g/mol. The second-order valence-corrected chi connectivity index (χ2v) is 3.75. The third-order valence-corrected chi connectivity index (χ3v) is 1.92. The maximum atomic E-state index is 9.00. The van der Waals surface area contributed by atoms with Crippen molar-refractivity contribution in [3.8, 4) is 0 Å². The van der Waals surface area contributed by atoms with Gasteiger partial charge in [0, 0.05) is 24.5 Å². The van der Waals surface area contributed by atoms with E-state index in [0.717, 1.165) is 6.54 Å². The second-order valence-electron chi connectivity index (χ2n) is 3.75. The molecule has 4 heteroatoms. The first-order valence-electron chi connectivity index (χ1n) is 4.39. The highest BCUT2D eigenvalue weighted by Gasteiger charge is 2.14. The molecule has 3 nitrogen and oxygen atoms in total. The van der Waals surface area contributed by atoms with Crippen molar-refractivity contribution in [2.24, 2.45) is 0 Å². The molecule has 0 aromatic carbocycles. The van der Waals surface area contributed by atoms with Gasteiger partial charge < -0.3 is 10.4 Å². The Bertz CT molecular complexity index is 252. The molecule has 1 heterocycles. The fourth-order valence-corrected chi connectivity index (χ4v) is 0.898. The van der Waals surface area contributed by atoms with Crippen molar-refractivity contribution in [2.75, 3.05) is 6.61 Å². The van der Waals surface area contributed by atoms with Crippen LogP contribution in [0.15, 0.2) is 24.5 Å². The van der Waals surface area contributed by atoms with E-state index in [-0.39, 0.29) is 24.6 Å². The van der Waals surface area contributed by atoms with Crippen LogP contribution in [0.3, 0.4) is 0 Å². The maximum Gasteiger partial charge on any atom is 0.0607 e. The highest BCUT2D eigenvalue weighted by atomic mass is 35.5. The summed E-state index contributed by atoms with van der Waals surface area (Å²) in [5.41, 5.74) is 0.958. The van der Waals surface area contributed by atoms with Gasteiger partial charge in [0.2, 0.25) is 0 Å². The Balaban J connectivity index is 0.00000169. The molecule has 1 aromatic heterocycles. The molecule has 0 radical (unpaired) electrons. The van der Waals surface area contributed by atoms with Crippen LogP contribution in [0.1, 0.15) is 19.4 Å². The molecular weight excluding hydrogens is 200 g/mol. The summed E-state index contributed by atoms with van der Waals surface area (Å²) in [5, 5.41) is 12.2. The van der Waals surface area contributed by atoms with Crippen LogP contribution in [0.4, 0.5) is 0 Å². The number of rotatable bonds is 4. The number of pyridine rings is 1. The highest BCUT2D eigenvalue weighted by Crippen LogP contribution is 2.03. The van der Waals surface area contributed by atoms with Crippen molar-refractivity contribution in [1.29, 1.82) is 0 Å². The Labute approximate surface area is 91.0 Å². The lowest BCUT2D eigenvalue weighted by Gasteiger charge is -2.23. The number of hydrogen-bond acceptors (Lipinski definition) is 3. The van der Waals surface area contributed by atoms with Gasteiger partial charge in [0.15, 0.2) is 0 Å². The standard InChI is InChI=1S/C10H16N2O.ClH/c1-10(2,8-13)12-7-9-3-5-11-6-4-9;/h3-6,12-13H,7-8H2,1-2H3;1H. The first-order chi connectivity index (χ1) is 6.14. The fraction of sp³-hybridized carbons (Fsp3) is 0.500. The van der Waals surface area contributed by atoms with E-state index in [1.165, 1.54) is 5.56 Å². The van der Waals surface area contributed by atoms with E-state index in [1.807, 2.05) is 26.0 Å². The first kappa shape index (κ1) is 13.4. The van der Waals surface area contributed by atoms with Crippen LogP contribution in [0.25, 0.3) is 0 Å². The minimum Gasteiger partial charge on any atom is -0.394 e. The zero-order valence-electron chi connectivity index (χ0n) is 8.53. The molecule has 80 valence electrons. The zero-order chi connectivity index (χ0) is 9.73. The minimum atomic E-state index is -0.219. The lowest BCUT2D eigenvalue weighted by Crippen LogP contribution is -2.42. The Morgan fingerprint density at radius 3 is 2.43 bits per heavy atom. The normalized spacial score (nSPS) is 10.8. The molecule has 0 fully saturated rings. The van der Waals surface area contributed by atoms with Gasteiger partial charge in [-0.3, -0.25) is 4.98 Å². The van der Waals surface area contributed by atoms with Crippen molar-refractivity contribution >= 4 is 12.4 Å². The van der Waals surface area contributed by atoms with Gasteiger partial charge in [-0.25, -0.2) is 0 Å². The minimum absolute atomic E-state index is 0. The third-order valence-electron chi connectivity index (χ3n) is 1.92. The number of aliphatic hydroxyl groups is 1. The van der Waals surface area contributed by atoms with E-state index < -0.39 is 0 Å². The molecule has 14 heavy (non-hydrogen) atoms. The van der Waals surface area contributed by atoms with Gasteiger partial charge >= 0.3 is 0 Å². The van der Waals surface area contributed by atoms with Crippen molar-refractivity contribution in [3.05, 3.63) is 30.1 Å². The molecule has 0 spiro atoms. The molecule has 0 unspecified atom stereocenters. The van der Waals surface area contributed by atoms with Gasteiger partial charge in [0.05, 0.1) is 6.61 Å². The van der Waals surface area contributed by atoms with E-state index in [9.17, 15) is 0 Å². The summed E-state index contributed by atoms with van der Waals surface area (Å²) in [5.74, 6) is 0. The maximum absolute atomic E-state index is 9.00. The number of nitrogens with zero attached hydrogens (tertiary/aromatic N) is 1. The Kier molecular flexibility index (Phi) is 5.69. The van der Waals surface area contributed by atoms with Crippen LogP contribution in [-0.2, 0) is 6.54 Å². The van der Waals surface area contributed by atoms with Crippen LogP contribution in [-0.4, -0.2) is 22.2 Å². The van der Waals surface area contributed by atoms with E-state index in [1.54, 1.807) is 12.4 Å². The van der Waals surface area contributed by atoms with Gasteiger partial charge in [0.25, 0.3) is 0 Å². The predicted octanol–water partition coefficient (Wildman–Crippen LogP) is 1.36. The molecule has 0 saturated carbocycles. The summed E-state index contributed by atoms with van der Waals surface area (Å²) in [7, 11) is 0. The summed E-state index contributed by atoms with van der Waals surface area (Å²) in [6.07, 6.45) is 3.53. The van der Waals surface area contributed by atoms with Crippen molar-refractivity contribution in [2.45, 2.75) is 25.9 Å². The molecule has 0 bridgehead atoms. The van der Waals surface area contributed by atoms with Crippen molar-refractivity contribution in [1.82, 2.24) is 10.3 Å². The first-order valence-corrected chi connectivity index (χ1v) is 4.39. The van der Waals surface area contributed by atoms with Gasteiger partial charge in [-0.2, -0.15) is 0 Å². The molecule has 2 N–H and O–H groups in total. The molecule has 0 atom stereocenters. The van der Waals surface area contributed by atoms with Crippen molar-refractivity contribution in [3.63, 3.8) is 0 Å². The molecule has 1 aromatic rings. The lowest BCUT2D eigenvalue weighted by molar-refractivity contribution is 0.187. The summed E-state index contributed by atoms with van der Waals surface area (Å²) >= 11 is 0. The Morgan fingerprint density at radius 1 is 1.36 bits per heavy atom. The topological polar surface area (TPSA) is 45.1 Å². The predicted molar refractivity (Wildman–Crippen MR) is 59.5 cm³/mol. The van der Waals surface area contributed by atoms with Gasteiger partial charge in [-0.1, -0.05) is 0 Å². The van der Waals surface area contributed by atoms with Crippen LogP contribution in [0, 0.1) is 0 Å². The van der Waals surface area contributed by atoms with Crippen LogP contribution >= 0.6 is 12.4 Å². The van der Waals surface area contributed by atoms with Crippen LogP contribution < -0.4 is 5.32 Å². The van der Waals surface area contributed by atoms with E-state index in [2.05, 4.69) is 10.3 Å². The molecule has 0 aliphatic heterocycles. The van der Waals surface area contributed by atoms with Gasteiger partial charge in [0.1, 0.15) is 0 Å². The van der Waals surface area contributed by atoms with E-state index in [0.29, 0.717) is 0 Å².